The second-order valence-corrected chi connectivity index (χ2v) is 9.86. The normalized spacial score (nSPS) is 20.1. The average Bonchev–Trinajstić information content (AvgIpc) is 3.43. The van der Waals surface area contributed by atoms with E-state index >= 15 is 0 Å². The molecule has 1 saturated heterocycles. The van der Waals surface area contributed by atoms with Crippen LogP contribution in [0.25, 0.3) is 0 Å². The number of β-lactam (4-membered cyclic amide) rings is 1. The number of nitrogen functional groups attached to an aromatic ring is 1. The van der Waals surface area contributed by atoms with Gasteiger partial charge in [-0.05, 0) is 22.9 Å². The van der Waals surface area contributed by atoms with Gasteiger partial charge < -0.3 is 21.0 Å². The molecule has 0 aliphatic carbocycles. The Labute approximate surface area is 205 Å². The van der Waals surface area contributed by atoms with E-state index in [0.717, 1.165) is 11.3 Å². The number of nitrogens with two attached hydrogens (primary N) is 1. The molecule has 4 rings (SSSR count). The maximum absolute atomic E-state index is 12.9. The molecule has 2 aromatic heterocycles. The predicted molar refractivity (Wildman–Crippen MR) is 124 cm³/mol. The SMILES string of the molecule is CCO/N=C(\C(=O)N[C@@H]1C(=O)N2C(C(=O)O)=C(CSc3nnnn3C)CS[C@H]12)c1csc(N)n1. The first-order valence-electron chi connectivity index (χ1n) is 9.79. The number of anilines is 1. The molecule has 2 amide bonds. The second kappa shape index (κ2) is 9.98. The number of nitrogens with one attached hydrogen (secondary N) is 1. The molecule has 0 unspecified atom stereocenters. The summed E-state index contributed by atoms with van der Waals surface area (Å²) in [6.07, 6.45) is 0. The standard InChI is InChI=1S/C17H19N9O5S3/c1-3-31-22-9(8-6-33-16(18)19-8)12(27)20-10-13(28)26-11(15(29)30)7(4-32-14(10)26)5-34-17-21-23-24-25(17)2/h6,10,14H,3-5H2,1-2H3,(H2,18,19)(H,20,27)(H,29,30)/b22-9-/t10-,14-/m1/s1. The van der Waals surface area contributed by atoms with E-state index < -0.39 is 29.2 Å². The van der Waals surface area contributed by atoms with Crippen LogP contribution in [0.4, 0.5) is 5.13 Å². The van der Waals surface area contributed by atoms with Crippen LogP contribution in [0.2, 0.25) is 0 Å². The van der Waals surface area contributed by atoms with Crippen molar-refractivity contribution in [2.24, 2.45) is 12.2 Å². The Morgan fingerprint density at radius 1 is 1.47 bits per heavy atom. The number of aliphatic carboxylic acids is 1. The van der Waals surface area contributed by atoms with E-state index in [4.69, 9.17) is 10.6 Å². The topological polar surface area (TPSA) is 191 Å². The van der Waals surface area contributed by atoms with Gasteiger partial charge in [0, 0.05) is 23.9 Å². The van der Waals surface area contributed by atoms with E-state index in [-0.39, 0.29) is 28.8 Å². The Kier molecular flexibility index (Phi) is 7.03. The van der Waals surface area contributed by atoms with E-state index in [1.807, 2.05) is 0 Å². The van der Waals surface area contributed by atoms with E-state index in [1.165, 1.54) is 33.1 Å². The van der Waals surface area contributed by atoms with Crippen molar-refractivity contribution in [3.8, 4) is 0 Å². The quantitative estimate of drug-likeness (QED) is 0.165. The Bertz CT molecular complexity index is 1190. The third-order valence-electron chi connectivity index (χ3n) is 4.76. The van der Waals surface area contributed by atoms with Crippen molar-refractivity contribution in [3.05, 3.63) is 22.3 Å². The molecule has 0 bridgehead atoms. The van der Waals surface area contributed by atoms with Gasteiger partial charge >= 0.3 is 5.97 Å². The zero-order valence-corrected chi connectivity index (χ0v) is 20.3. The number of carbonyl (C=O) groups is 3. The van der Waals surface area contributed by atoms with Crippen molar-refractivity contribution < 1.29 is 24.3 Å². The zero-order valence-electron chi connectivity index (χ0n) is 17.9. The van der Waals surface area contributed by atoms with Crippen molar-refractivity contribution in [2.75, 3.05) is 23.8 Å². The minimum atomic E-state index is -1.22. The maximum atomic E-state index is 12.9. The highest BCUT2D eigenvalue weighted by Crippen LogP contribution is 2.41. The number of fused-ring (bicyclic) bond motifs is 1. The lowest BCUT2D eigenvalue weighted by atomic mass is 10.0. The molecule has 4 N–H and O–H groups in total. The molecule has 1 fully saturated rings. The number of aromatic nitrogens is 5. The number of carboxylic acid groups (broad SMARTS) is 1. The summed E-state index contributed by atoms with van der Waals surface area (Å²) in [5, 5.41) is 29.2. The number of carbonyl (C=O) groups excluding carboxylic acids is 2. The second-order valence-electron chi connectivity index (χ2n) is 6.92. The number of aryl methyl sites for hydroxylation is 1. The smallest absolute Gasteiger partial charge is 0.352 e. The molecule has 0 aromatic carbocycles. The summed E-state index contributed by atoms with van der Waals surface area (Å²) in [5.74, 6) is -1.75. The number of oxime groups is 1. The number of carboxylic acids is 1. The zero-order chi connectivity index (χ0) is 24.4. The van der Waals surface area contributed by atoms with Gasteiger partial charge in [0.25, 0.3) is 11.8 Å². The molecule has 2 atom stereocenters. The molecule has 0 saturated carbocycles. The number of amides is 2. The number of rotatable bonds is 9. The van der Waals surface area contributed by atoms with Crippen LogP contribution in [0.3, 0.4) is 0 Å². The molecule has 2 aromatic rings. The van der Waals surface area contributed by atoms with Gasteiger partial charge in [0.1, 0.15) is 29.4 Å². The van der Waals surface area contributed by atoms with Crippen LogP contribution in [0.15, 0.2) is 27.0 Å². The lowest BCUT2D eigenvalue weighted by Gasteiger charge is -2.49. The number of hydrogen-bond donors (Lipinski definition) is 3. The van der Waals surface area contributed by atoms with Gasteiger partial charge in [-0.25, -0.2) is 14.5 Å². The van der Waals surface area contributed by atoms with E-state index in [1.54, 1.807) is 19.4 Å². The molecule has 180 valence electrons. The van der Waals surface area contributed by atoms with E-state index in [0.29, 0.717) is 22.2 Å². The number of thiazole rings is 1. The van der Waals surface area contributed by atoms with Crippen LogP contribution < -0.4 is 11.1 Å². The van der Waals surface area contributed by atoms with E-state index in [9.17, 15) is 19.5 Å². The summed E-state index contributed by atoms with van der Waals surface area (Å²) in [6, 6.07) is -0.924. The fraction of sp³-hybridized carbons (Fsp3) is 0.412. The molecule has 17 heteroatoms. The fourth-order valence-corrected chi connectivity index (χ4v) is 6.11. The average molecular weight is 526 g/mol. The van der Waals surface area contributed by atoms with Gasteiger partial charge in [-0.1, -0.05) is 16.9 Å². The molecule has 0 radical (unpaired) electrons. The van der Waals surface area contributed by atoms with Gasteiger partial charge in [0.05, 0.1) is 0 Å². The van der Waals surface area contributed by atoms with Crippen LogP contribution in [0, 0.1) is 0 Å². The van der Waals surface area contributed by atoms with Crippen LogP contribution >= 0.6 is 34.9 Å². The highest BCUT2D eigenvalue weighted by Gasteiger charge is 2.54. The summed E-state index contributed by atoms with van der Waals surface area (Å²) in [6.45, 7) is 1.93. The van der Waals surface area contributed by atoms with Crippen molar-refractivity contribution in [2.45, 2.75) is 23.5 Å². The summed E-state index contributed by atoms with van der Waals surface area (Å²) in [4.78, 5) is 48.1. The minimum absolute atomic E-state index is 0.0858. The number of nitrogens with zero attached hydrogens (tertiary/aromatic N) is 7. The Morgan fingerprint density at radius 3 is 2.88 bits per heavy atom. The largest absolute Gasteiger partial charge is 0.477 e. The van der Waals surface area contributed by atoms with Gasteiger partial charge in [-0.2, -0.15) is 0 Å². The Hall–Kier alpha value is -3.18. The molecule has 14 nitrogen and oxygen atoms in total. The molecular weight excluding hydrogens is 506 g/mol. The summed E-state index contributed by atoms with van der Waals surface area (Å²) in [5.41, 5.74) is 6.23. The first kappa shape index (κ1) is 24.0. The molecule has 2 aliphatic heterocycles. The molecular formula is C17H19N9O5S3. The minimum Gasteiger partial charge on any atom is -0.477 e. The van der Waals surface area contributed by atoms with Crippen molar-refractivity contribution in [1.29, 1.82) is 0 Å². The van der Waals surface area contributed by atoms with Crippen LogP contribution in [-0.4, -0.2) is 88.2 Å². The lowest BCUT2D eigenvalue weighted by molar-refractivity contribution is -0.150. The third kappa shape index (κ3) is 4.58. The maximum Gasteiger partial charge on any atom is 0.352 e. The Morgan fingerprint density at radius 2 is 2.26 bits per heavy atom. The number of thioether (sulfide) groups is 2. The van der Waals surface area contributed by atoms with Gasteiger partial charge in [-0.15, -0.1) is 28.2 Å². The van der Waals surface area contributed by atoms with Gasteiger partial charge in [-0.3, -0.25) is 14.5 Å². The fourth-order valence-electron chi connectivity index (χ4n) is 3.23. The van der Waals surface area contributed by atoms with Crippen LogP contribution in [0.5, 0.6) is 0 Å². The van der Waals surface area contributed by atoms with Crippen molar-refractivity contribution in [3.63, 3.8) is 0 Å². The monoisotopic (exact) mass is 525 g/mol. The van der Waals surface area contributed by atoms with E-state index in [2.05, 4.69) is 31.0 Å². The van der Waals surface area contributed by atoms with Gasteiger partial charge in [0.15, 0.2) is 10.8 Å². The van der Waals surface area contributed by atoms with Gasteiger partial charge in [0.2, 0.25) is 5.16 Å². The number of hydrogen-bond acceptors (Lipinski definition) is 13. The summed E-state index contributed by atoms with van der Waals surface area (Å²) >= 11 is 3.76. The predicted octanol–water partition coefficient (Wildman–Crippen LogP) is -0.480. The first-order valence-corrected chi connectivity index (χ1v) is 12.7. The van der Waals surface area contributed by atoms with Crippen LogP contribution in [-0.2, 0) is 26.3 Å². The molecule has 0 spiro atoms. The lowest BCUT2D eigenvalue weighted by Crippen LogP contribution is -2.71. The first-order chi connectivity index (χ1) is 16.3. The molecule has 34 heavy (non-hydrogen) atoms. The highest BCUT2D eigenvalue weighted by atomic mass is 32.2. The number of tetrazole rings is 1. The highest BCUT2D eigenvalue weighted by molar-refractivity contribution is 8.01. The third-order valence-corrected chi connectivity index (χ3v) is 7.87. The Balaban J connectivity index is 1.49. The summed E-state index contributed by atoms with van der Waals surface area (Å²) in [7, 11) is 1.68. The van der Waals surface area contributed by atoms with Crippen molar-refractivity contribution >= 4 is 63.5 Å². The molecule has 4 heterocycles. The van der Waals surface area contributed by atoms with Crippen molar-refractivity contribution in [1.82, 2.24) is 35.4 Å². The van der Waals surface area contributed by atoms with Crippen LogP contribution in [0.1, 0.15) is 12.6 Å². The summed E-state index contributed by atoms with van der Waals surface area (Å²) < 4.78 is 1.47. The molecule has 2 aliphatic rings.